The first-order valence-electron chi connectivity index (χ1n) is 4.96. The SMILES string of the molecule is CC1(C)CCCN1c1ccc(C=O)o1. The Morgan fingerprint density at radius 1 is 1.50 bits per heavy atom. The Hall–Kier alpha value is -1.25. The molecule has 0 radical (unpaired) electrons. The monoisotopic (exact) mass is 193 g/mol. The van der Waals surface area contributed by atoms with Crippen LogP contribution in [0.3, 0.4) is 0 Å². The summed E-state index contributed by atoms with van der Waals surface area (Å²) in [5.74, 6) is 1.22. The summed E-state index contributed by atoms with van der Waals surface area (Å²) in [4.78, 5) is 12.7. The molecule has 0 spiro atoms. The van der Waals surface area contributed by atoms with Crippen molar-refractivity contribution in [2.45, 2.75) is 32.2 Å². The van der Waals surface area contributed by atoms with Crippen molar-refractivity contribution in [1.82, 2.24) is 0 Å². The second kappa shape index (κ2) is 3.15. The molecule has 0 bridgehead atoms. The van der Waals surface area contributed by atoms with E-state index in [4.69, 9.17) is 4.42 Å². The molecule has 3 nitrogen and oxygen atoms in total. The van der Waals surface area contributed by atoms with E-state index in [2.05, 4.69) is 18.7 Å². The number of carbonyl (C=O) groups is 1. The Kier molecular flexibility index (Phi) is 2.10. The lowest BCUT2D eigenvalue weighted by atomic mass is 10.0. The van der Waals surface area contributed by atoms with Crippen molar-refractivity contribution in [1.29, 1.82) is 0 Å². The highest BCUT2D eigenvalue weighted by Gasteiger charge is 2.33. The Morgan fingerprint density at radius 2 is 2.29 bits per heavy atom. The second-order valence-corrected chi connectivity index (χ2v) is 4.36. The van der Waals surface area contributed by atoms with Crippen LogP contribution in [0.4, 0.5) is 5.88 Å². The van der Waals surface area contributed by atoms with Crippen molar-refractivity contribution >= 4 is 12.2 Å². The third kappa shape index (κ3) is 1.43. The van der Waals surface area contributed by atoms with Gasteiger partial charge in [0, 0.05) is 18.2 Å². The first-order valence-corrected chi connectivity index (χ1v) is 4.96. The van der Waals surface area contributed by atoms with Gasteiger partial charge in [-0.3, -0.25) is 4.79 Å². The summed E-state index contributed by atoms with van der Waals surface area (Å²) in [5.41, 5.74) is 0.151. The highest BCUT2D eigenvalue weighted by Crippen LogP contribution is 2.34. The molecule has 0 aromatic carbocycles. The largest absolute Gasteiger partial charge is 0.438 e. The molecule has 0 N–H and O–H groups in total. The predicted octanol–water partition coefficient (Wildman–Crippen LogP) is 2.47. The molecule has 0 atom stereocenters. The Bertz CT molecular complexity index is 341. The summed E-state index contributed by atoms with van der Waals surface area (Å²) in [7, 11) is 0. The van der Waals surface area contributed by atoms with Gasteiger partial charge >= 0.3 is 0 Å². The van der Waals surface area contributed by atoms with Crippen LogP contribution in [-0.2, 0) is 0 Å². The van der Waals surface area contributed by atoms with Crippen LogP contribution in [0, 0.1) is 0 Å². The van der Waals surface area contributed by atoms with Crippen LogP contribution in [0.25, 0.3) is 0 Å². The van der Waals surface area contributed by atoms with Gasteiger partial charge in [-0.15, -0.1) is 0 Å². The molecular weight excluding hydrogens is 178 g/mol. The average Bonchev–Trinajstić information content (AvgIpc) is 2.70. The minimum absolute atomic E-state index is 0.151. The van der Waals surface area contributed by atoms with Gasteiger partial charge in [0.1, 0.15) is 0 Å². The molecule has 1 aromatic rings. The molecule has 1 aliphatic rings. The van der Waals surface area contributed by atoms with E-state index in [1.807, 2.05) is 6.07 Å². The number of carbonyl (C=O) groups excluding carboxylic acids is 1. The molecule has 1 aliphatic heterocycles. The summed E-state index contributed by atoms with van der Waals surface area (Å²) >= 11 is 0. The van der Waals surface area contributed by atoms with Gasteiger partial charge in [0.05, 0.1) is 0 Å². The molecule has 0 amide bonds. The normalized spacial score (nSPS) is 20.0. The molecule has 3 heteroatoms. The number of hydrogen-bond donors (Lipinski definition) is 0. The predicted molar refractivity (Wildman–Crippen MR) is 54.8 cm³/mol. The van der Waals surface area contributed by atoms with Crippen molar-refractivity contribution in [3.05, 3.63) is 17.9 Å². The molecule has 0 aliphatic carbocycles. The quantitative estimate of drug-likeness (QED) is 0.676. The standard InChI is InChI=1S/C11H15NO2/c1-11(2)6-3-7-12(11)10-5-4-9(8-13)14-10/h4-5,8H,3,6-7H2,1-2H3. The first-order chi connectivity index (χ1) is 6.63. The summed E-state index contributed by atoms with van der Waals surface area (Å²) in [6.45, 7) is 5.41. The number of rotatable bonds is 2. The van der Waals surface area contributed by atoms with Crippen LogP contribution in [0.5, 0.6) is 0 Å². The van der Waals surface area contributed by atoms with Gasteiger partial charge in [-0.2, -0.15) is 0 Å². The van der Waals surface area contributed by atoms with Crippen LogP contribution in [0.1, 0.15) is 37.2 Å². The molecule has 1 fully saturated rings. The van der Waals surface area contributed by atoms with E-state index in [1.54, 1.807) is 6.07 Å². The van der Waals surface area contributed by atoms with Crippen LogP contribution < -0.4 is 4.90 Å². The summed E-state index contributed by atoms with van der Waals surface area (Å²) in [5, 5.41) is 0. The lowest BCUT2D eigenvalue weighted by Gasteiger charge is -2.31. The molecule has 14 heavy (non-hydrogen) atoms. The summed E-state index contributed by atoms with van der Waals surface area (Å²) < 4.78 is 5.41. The minimum atomic E-state index is 0.151. The molecule has 1 saturated heterocycles. The summed E-state index contributed by atoms with van der Waals surface area (Å²) in [6, 6.07) is 3.59. The third-order valence-electron chi connectivity index (χ3n) is 2.90. The fraction of sp³-hybridized carbons (Fsp3) is 0.545. The van der Waals surface area contributed by atoms with Gasteiger partial charge in [0.25, 0.3) is 0 Å². The molecule has 1 aromatic heterocycles. The van der Waals surface area contributed by atoms with Gasteiger partial charge < -0.3 is 9.32 Å². The summed E-state index contributed by atoms with van der Waals surface area (Å²) in [6.07, 6.45) is 3.10. The average molecular weight is 193 g/mol. The topological polar surface area (TPSA) is 33.5 Å². The zero-order chi connectivity index (χ0) is 10.2. The Labute approximate surface area is 83.7 Å². The van der Waals surface area contributed by atoms with Crippen LogP contribution in [0.15, 0.2) is 16.5 Å². The highest BCUT2D eigenvalue weighted by atomic mass is 16.4. The fourth-order valence-electron chi connectivity index (χ4n) is 2.07. The van der Waals surface area contributed by atoms with Crippen molar-refractivity contribution < 1.29 is 9.21 Å². The van der Waals surface area contributed by atoms with Gasteiger partial charge in [-0.1, -0.05) is 0 Å². The Balaban J connectivity index is 2.26. The van der Waals surface area contributed by atoms with Crippen molar-refractivity contribution in [3.8, 4) is 0 Å². The zero-order valence-corrected chi connectivity index (χ0v) is 8.62. The first kappa shape index (κ1) is 9.31. The highest BCUT2D eigenvalue weighted by molar-refractivity contribution is 5.71. The maximum absolute atomic E-state index is 10.5. The lowest BCUT2D eigenvalue weighted by molar-refractivity contribution is 0.110. The van der Waals surface area contributed by atoms with E-state index in [1.165, 1.54) is 12.8 Å². The third-order valence-corrected chi connectivity index (χ3v) is 2.90. The minimum Gasteiger partial charge on any atom is -0.438 e. The maximum atomic E-state index is 10.5. The number of nitrogens with zero attached hydrogens (tertiary/aromatic N) is 1. The number of aldehydes is 1. The van der Waals surface area contributed by atoms with Crippen LogP contribution in [0.2, 0.25) is 0 Å². The van der Waals surface area contributed by atoms with E-state index in [-0.39, 0.29) is 5.54 Å². The van der Waals surface area contributed by atoms with E-state index in [0.717, 1.165) is 18.7 Å². The zero-order valence-electron chi connectivity index (χ0n) is 8.62. The van der Waals surface area contributed by atoms with Gasteiger partial charge in [0.15, 0.2) is 17.9 Å². The molecule has 0 saturated carbocycles. The second-order valence-electron chi connectivity index (χ2n) is 4.36. The molecular formula is C11H15NO2. The van der Waals surface area contributed by atoms with Gasteiger partial charge in [0.2, 0.25) is 0 Å². The molecule has 76 valence electrons. The molecule has 2 heterocycles. The van der Waals surface area contributed by atoms with Crippen molar-refractivity contribution in [2.75, 3.05) is 11.4 Å². The van der Waals surface area contributed by atoms with Crippen LogP contribution in [-0.4, -0.2) is 18.4 Å². The van der Waals surface area contributed by atoms with Gasteiger partial charge in [-0.25, -0.2) is 0 Å². The number of hydrogen-bond acceptors (Lipinski definition) is 3. The van der Waals surface area contributed by atoms with Crippen LogP contribution >= 0.6 is 0 Å². The smallest absolute Gasteiger partial charge is 0.196 e. The van der Waals surface area contributed by atoms with Crippen molar-refractivity contribution in [3.63, 3.8) is 0 Å². The number of furan rings is 1. The van der Waals surface area contributed by atoms with E-state index in [9.17, 15) is 4.79 Å². The maximum Gasteiger partial charge on any atom is 0.196 e. The van der Waals surface area contributed by atoms with E-state index < -0.39 is 0 Å². The lowest BCUT2D eigenvalue weighted by Crippen LogP contribution is -2.37. The van der Waals surface area contributed by atoms with E-state index >= 15 is 0 Å². The number of anilines is 1. The van der Waals surface area contributed by atoms with Crippen molar-refractivity contribution in [2.24, 2.45) is 0 Å². The molecule has 0 unspecified atom stereocenters. The fourth-order valence-corrected chi connectivity index (χ4v) is 2.07. The Morgan fingerprint density at radius 3 is 2.79 bits per heavy atom. The van der Waals surface area contributed by atoms with E-state index in [0.29, 0.717) is 5.76 Å². The van der Waals surface area contributed by atoms with Gasteiger partial charge in [-0.05, 0) is 32.8 Å². The molecule has 2 rings (SSSR count).